The van der Waals surface area contributed by atoms with Crippen molar-refractivity contribution >= 4 is 5.82 Å². The molecule has 0 radical (unpaired) electrons. The van der Waals surface area contributed by atoms with Gasteiger partial charge < -0.3 is 9.64 Å². The first-order chi connectivity index (χ1) is 9.31. The van der Waals surface area contributed by atoms with Gasteiger partial charge in [-0.2, -0.15) is 0 Å². The molecule has 5 nitrogen and oxygen atoms in total. The van der Waals surface area contributed by atoms with Crippen molar-refractivity contribution in [2.75, 3.05) is 38.9 Å². The van der Waals surface area contributed by atoms with E-state index in [0.717, 1.165) is 31.7 Å². The average Bonchev–Trinajstić information content (AvgIpc) is 2.51. The van der Waals surface area contributed by atoms with Gasteiger partial charge in [0.2, 0.25) is 0 Å². The first kappa shape index (κ1) is 15.9. The number of piperidine rings is 1. The van der Waals surface area contributed by atoms with E-state index in [2.05, 4.69) is 26.8 Å². The van der Waals surface area contributed by atoms with Crippen LogP contribution >= 0.6 is 0 Å². The number of methoxy groups -OCH3 is 1. The molecular weight excluding hydrogens is 240 g/mol. The fraction of sp³-hybridized carbons (Fsp3) is 0.714. The molecule has 0 bridgehead atoms. The highest BCUT2D eigenvalue weighted by Gasteiger charge is 2.22. The van der Waals surface area contributed by atoms with Crippen LogP contribution in [0.4, 0.5) is 5.82 Å². The molecule has 0 amide bonds. The zero-order valence-corrected chi connectivity index (χ0v) is 12.5. The molecule has 1 fully saturated rings. The number of nitrogens with zero attached hydrogens (tertiary/aromatic N) is 4. The van der Waals surface area contributed by atoms with E-state index >= 15 is 0 Å². The van der Waals surface area contributed by atoms with E-state index in [9.17, 15) is 0 Å². The molecule has 0 N–H and O–H groups in total. The Labute approximate surface area is 116 Å². The van der Waals surface area contributed by atoms with Gasteiger partial charge in [-0.15, -0.1) is 0 Å². The van der Waals surface area contributed by atoms with Crippen molar-refractivity contribution in [3.05, 3.63) is 18.6 Å². The molecule has 1 aromatic rings. The first-order valence-corrected chi connectivity index (χ1v) is 7.01. The van der Waals surface area contributed by atoms with Crippen molar-refractivity contribution in [3.8, 4) is 0 Å². The second-order valence-electron chi connectivity index (χ2n) is 4.46. The average molecular weight is 266 g/mol. The third-order valence-corrected chi connectivity index (χ3v) is 3.31. The smallest absolute Gasteiger partial charge is 0.131 e. The van der Waals surface area contributed by atoms with Crippen molar-refractivity contribution in [2.24, 2.45) is 0 Å². The first-order valence-electron chi connectivity index (χ1n) is 7.01. The molecule has 5 heteroatoms. The zero-order valence-electron chi connectivity index (χ0n) is 12.5. The van der Waals surface area contributed by atoms with E-state index < -0.39 is 0 Å². The number of rotatable bonds is 4. The maximum Gasteiger partial charge on any atom is 0.131 e. The number of aromatic nitrogens is 2. The molecule has 2 rings (SSSR count). The van der Waals surface area contributed by atoms with Crippen LogP contribution in [0.5, 0.6) is 0 Å². The molecule has 0 atom stereocenters. The summed E-state index contributed by atoms with van der Waals surface area (Å²) in [5, 5.41) is 0. The SMILES string of the molecule is CC.COCN(C)C1CCN(c2ccncn2)CC1. The summed E-state index contributed by atoms with van der Waals surface area (Å²) in [6.07, 6.45) is 5.72. The molecule has 0 spiro atoms. The Morgan fingerprint density at radius 1 is 1.37 bits per heavy atom. The predicted molar refractivity (Wildman–Crippen MR) is 78.3 cm³/mol. The molecule has 19 heavy (non-hydrogen) atoms. The quantitative estimate of drug-likeness (QED) is 0.780. The third kappa shape index (κ3) is 4.76. The molecule has 0 saturated carbocycles. The van der Waals surface area contributed by atoms with Gasteiger partial charge in [0.1, 0.15) is 12.1 Å². The van der Waals surface area contributed by atoms with Crippen LogP contribution in [-0.2, 0) is 4.74 Å². The summed E-state index contributed by atoms with van der Waals surface area (Å²) in [4.78, 5) is 12.8. The minimum atomic E-state index is 0.619. The number of anilines is 1. The normalized spacial score (nSPS) is 16.2. The van der Waals surface area contributed by atoms with Gasteiger partial charge in [-0.25, -0.2) is 9.97 Å². The summed E-state index contributed by atoms with van der Waals surface area (Å²) in [6.45, 7) is 6.81. The predicted octanol–water partition coefficient (Wildman–Crippen LogP) is 2.01. The van der Waals surface area contributed by atoms with E-state index in [0.29, 0.717) is 12.8 Å². The molecular formula is C14H26N4O. The number of hydrogen-bond donors (Lipinski definition) is 0. The summed E-state index contributed by atoms with van der Waals surface area (Å²) in [5.74, 6) is 1.04. The van der Waals surface area contributed by atoms with Crippen molar-refractivity contribution in [3.63, 3.8) is 0 Å². The van der Waals surface area contributed by atoms with Crippen molar-refractivity contribution in [2.45, 2.75) is 32.7 Å². The van der Waals surface area contributed by atoms with E-state index in [-0.39, 0.29) is 0 Å². The van der Waals surface area contributed by atoms with Crippen LogP contribution in [0, 0.1) is 0 Å². The Balaban J connectivity index is 0.000000861. The molecule has 108 valence electrons. The zero-order chi connectivity index (χ0) is 14.1. The van der Waals surface area contributed by atoms with Crippen LogP contribution < -0.4 is 4.90 Å². The van der Waals surface area contributed by atoms with Crippen molar-refractivity contribution < 1.29 is 4.74 Å². The summed E-state index contributed by atoms with van der Waals surface area (Å²) in [7, 11) is 3.86. The van der Waals surface area contributed by atoms with Gasteiger partial charge >= 0.3 is 0 Å². The Kier molecular flexibility index (Phi) is 7.36. The van der Waals surface area contributed by atoms with Gasteiger partial charge in [-0.3, -0.25) is 4.90 Å². The lowest BCUT2D eigenvalue weighted by atomic mass is 10.0. The molecule has 2 heterocycles. The Hall–Kier alpha value is -1.20. The fourth-order valence-electron chi connectivity index (χ4n) is 2.32. The molecule has 0 aromatic carbocycles. The molecule has 1 aliphatic heterocycles. The summed E-state index contributed by atoms with van der Waals surface area (Å²) < 4.78 is 5.16. The molecule has 1 aromatic heterocycles. The monoisotopic (exact) mass is 266 g/mol. The fourth-order valence-corrected chi connectivity index (χ4v) is 2.32. The van der Waals surface area contributed by atoms with Gasteiger partial charge in [0.05, 0.1) is 6.73 Å². The summed E-state index contributed by atoms with van der Waals surface area (Å²) >= 11 is 0. The second-order valence-corrected chi connectivity index (χ2v) is 4.46. The Bertz CT molecular complexity index is 325. The van der Waals surface area contributed by atoms with Crippen molar-refractivity contribution in [1.29, 1.82) is 0 Å². The van der Waals surface area contributed by atoms with Crippen LogP contribution in [0.1, 0.15) is 26.7 Å². The maximum atomic E-state index is 5.16. The lowest BCUT2D eigenvalue weighted by molar-refractivity contribution is 0.0453. The third-order valence-electron chi connectivity index (χ3n) is 3.31. The number of ether oxygens (including phenoxy) is 1. The highest BCUT2D eigenvalue weighted by molar-refractivity contribution is 5.36. The van der Waals surface area contributed by atoms with E-state index in [1.807, 2.05) is 19.9 Å². The minimum Gasteiger partial charge on any atom is -0.369 e. The van der Waals surface area contributed by atoms with E-state index in [1.54, 1.807) is 19.6 Å². The van der Waals surface area contributed by atoms with Crippen LogP contribution in [0.25, 0.3) is 0 Å². The molecule has 1 saturated heterocycles. The lowest BCUT2D eigenvalue weighted by Crippen LogP contribution is -2.44. The van der Waals surface area contributed by atoms with Crippen LogP contribution in [0.15, 0.2) is 18.6 Å². The van der Waals surface area contributed by atoms with E-state index in [1.165, 1.54) is 0 Å². The Morgan fingerprint density at radius 3 is 2.58 bits per heavy atom. The van der Waals surface area contributed by atoms with Gasteiger partial charge in [-0.1, -0.05) is 13.8 Å². The van der Waals surface area contributed by atoms with E-state index in [4.69, 9.17) is 4.74 Å². The Morgan fingerprint density at radius 2 is 2.05 bits per heavy atom. The van der Waals surface area contributed by atoms with Crippen LogP contribution in [0.3, 0.4) is 0 Å². The summed E-state index contributed by atoms with van der Waals surface area (Å²) in [5.41, 5.74) is 0. The van der Waals surface area contributed by atoms with Gasteiger partial charge in [0.15, 0.2) is 0 Å². The highest BCUT2D eigenvalue weighted by Crippen LogP contribution is 2.19. The largest absolute Gasteiger partial charge is 0.369 e. The van der Waals surface area contributed by atoms with Gasteiger partial charge in [0.25, 0.3) is 0 Å². The lowest BCUT2D eigenvalue weighted by Gasteiger charge is -2.36. The number of hydrogen-bond acceptors (Lipinski definition) is 5. The second kappa shape index (κ2) is 8.82. The highest BCUT2D eigenvalue weighted by atomic mass is 16.5. The molecule has 0 aliphatic carbocycles. The maximum absolute atomic E-state index is 5.16. The van der Waals surface area contributed by atoms with Gasteiger partial charge in [0, 0.05) is 32.4 Å². The van der Waals surface area contributed by atoms with Crippen molar-refractivity contribution in [1.82, 2.24) is 14.9 Å². The minimum absolute atomic E-state index is 0.619. The molecule has 1 aliphatic rings. The summed E-state index contributed by atoms with van der Waals surface area (Å²) in [6, 6.07) is 2.59. The van der Waals surface area contributed by atoms with Crippen LogP contribution in [-0.4, -0.2) is 54.9 Å². The van der Waals surface area contributed by atoms with Gasteiger partial charge in [-0.05, 0) is 26.0 Å². The standard InChI is InChI=1S/C12H20N4O.C2H6/c1-15(10-17-2)11-4-7-16(8-5-11)12-3-6-13-9-14-12;1-2/h3,6,9,11H,4-5,7-8,10H2,1-2H3;1-2H3. The van der Waals surface area contributed by atoms with Crippen LogP contribution in [0.2, 0.25) is 0 Å². The molecule has 0 unspecified atom stereocenters. The topological polar surface area (TPSA) is 41.5 Å².